The maximum atomic E-state index is 12.5. The second-order valence-electron chi connectivity index (χ2n) is 5.75. The smallest absolute Gasteiger partial charge is 0.270 e. The average Bonchev–Trinajstić information content (AvgIpc) is 2.66. The molecule has 0 aliphatic carbocycles. The monoisotopic (exact) mass is 349 g/mol. The minimum Gasteiger partial charge on any atom is -0.335 e. The van der Waals surface area contributed by atoms with E-state index in [0.29, 0.717) is 24.2 Å². The molecule has 0 saturated carbocycles. The number of benzene rings is 2. The molecule has 0 fully saturated rings. The highest BCUT2D eigenvalue weighted by molar-refractivity contribution is 5.91. The number of non-ortho nitro benzene ring substituents is 1. The van der Waals surface area contributed by atoms with Crippen LogP contribution in [0.15, 0.2) is 54.6 Å². The van der Waals surface area contributed by atoms with Crippen LogP contribution >= 0.6 is 0 Å². The molecule has 132 valence electrons. The number of nitro benzene ring substituents is 1. The van der Waals surface area contributed by atoms with Crippen LogP contribution in [-0.2, 0) is 11.3 Å². The Kier molecular flexibility index (Phi) is 6.63. The number of nitriles is 1. The minimum atomic E-state index is -0.465. The van der Waals surface area contributed by atoms with Crippen LogP contribution in [0.5, 0.6) is 0 Å². The van der Waals surface area contributed by atoms with Crippen molar-refractivity contribution in [1.29, 1.82) is 5.26 Å². The highest BCUT2D eigenvalue weighted by atomic mass is 16.6. The first kappa shape index (κ1) is 18.9. The van der Waals surface area contributed by atoms with Gasteiger partial charge in [0.2, 0.25) is 5.91 Å². The molecule has 26 heavy (non-hydrogen) atoms. The average molecular weight is 349 g/mol. The van der Waals surface area contributed by atoms with Gasteiger partial charge in [0.1, 0.15) is 0 Å². The standard InChI is InChI=1S/C20H19N3O3/c1-2-12-22(15-18-8-6-17(14-21)7-9-18)20(24)11-10-16-4-3-5-19(13-16)23(25)26/h3-11,13H,2,12,15H2,1H3/b11-10+. The Morgan fingerprint density at radius 3 is 2.62 bits per heavy atom. The number of nitro groups is 1. The van der Waals surface area contributed by atoms with Gasteiger partial charge in [-0.3, -0.25) is 14.9 Å². The molecule has 0 N–H and O–H groups in total. The highest BCUT2D eigenvalue weighted by Gasteiger charge is 2.11. The van der Waals surface area contributed by atoms with Crippen molar-refractivity contribution in [2.24, 2.45) is 0 Å². The summed E-state index contributed by atoms with van der Waals surface area (Å²) in [5.74, 6) is -0.164. The number of hydrogen-bond donors (Lipinski definition) is 0. The highest BCUT2D eigenvalue weighted by Crippen LogP contribution is 2.15. The van der Waals surface area contributed by atoms with Crippen LogP contribution in [0.3, 0.4) is 0 Å². The second-order valence-corrected chi connectivity index (χ2v) is 5.75. The van der Waals surface area contributed by atoms with E-state index in [0.717, 1.165) is 12.0 Å². The van der Waals surface area contributed by atoms with Crippen molar-refractivity contribution >= 4 is 17.7 Å². The van der Waals surface area contributed by atoms with Crippen LogP contribution < -0.4 is 0 Å². The molecule has 2 aromatic carbocycles. The lowest BCUT2D eigenvalue weighted by molar-refractivity contribution is -0.384. The Hall–Kier alpha value is -3.46. The Balaban J connectivity index is 2.10. The Morgan fingerprint density at radius 1 is 1.27 bits per heavy atom. The topological polar surface area (TPSA) is 87.2 Å². The maximum absolute atomic E-state index is 12.5. The molecule has 0 aliphatic heterocycles. The predicted molar refractivity (Wildman–Crippen MR) is 99.0 cm³/mol. The molecule has 2 rings (SSSR count). The van der Waals surface area contributed by atoms with E-state index in [1.54, 1.807) is 35.2 Å². The number of rotatable bonds is 7. The molecule has 2 aromatic rings. The SMILES string of the molecule is CCCN(Cc1ccc(C#N)cc1)C(=O)/C=C/c1cccc([N+](=O)[O-])c1. The zero-order chi connectivity index (χ0) is 18.9. The fourth-order valence-corrected chi connectivity index (χ4v) is 2.46. The van der Waals surface area contributed by atoms with Crippen LogP contribution in [0.1, 0.15) is 30.0 Å². The molecule has 0 bridgehead atoms. The summed E-state index contributed by atoms with van der Waals surface area (Å²) in [7, 11) is 0. The molecule has 0 radical (unpaired) electrons. The maximum Gasteiger partial charge on any atom is 0.270 e. The second kappa shape index (κ2) is 9.14. The van der Waals surface area contributed by atoms with Crippen LogP contribution in [-0.4, -0.2) is 22.3 Å². The summed E-state index contributed by atoms with van der Waals surface area (Å²) in [6.45, 7) is 3.03. The van der Waals surface area contributed by atoms with Crippen molar-refractivity contribution in [2.75, 3.05) is 6.54 Å². The summed E-state index contributed by atoms with van der Waals surface area (Å²) in [5, 5.41) is 19.7. The van der Waals surface area contributed by atoms with Gasteiger partial charge in [0, 0.05) is 31.3 Å². The predicted octanol–water partition coefficient (Wildman–Crippen LogP) is 3.92. The largest absolute Gasteiger partial charge is 0.335 e. The van der Waals surface area contributed by atoms with Crippen LogP contribution in [0.2, 0.25) is 0 Å². The number of hydrogen-bond acceptors (Lipinski definition) is 4. The van der Waals surface area contributed by atoms with E-state index in [1.165, 1.54) is 18.2 Å². The molecule has 0 aromatic heterocycles. The molecule has 0 unspecified atom stereocenters. The molecule has 0 atom stereocenters. The quantitative estimate of drug-likeness (QED) is 0.430. The lowest BCUT2D eigenvalue weighted by Gasteiger charge is -2.20. The zero-order valence-electron chi connectivity index (χ0n) is 14.5. The number of carbonyl (C=O) groups excluding carboxylic acids is 1. The van der Waals surface area contributed by atoms with Gasteiger partial charge < -0.3 is 4.90 Å². The molecule has 0 saturated heterocycles. The minimum absolute atomic E-state index is 0.0115. The lowest BCUT2D eigenvalue weighted by atomic mass is 10.1. The van der Waals surface area contributed by atoms with Gasteiger partial charge in [0.15, 0.2) is 0 Å². The first-order valence-electron chi connectivity index (χ1n) is 8.24. The molecular weight excluding hydrogens is 330 g/mol. The van der Waals surface area contributed by atoms with Gasteiger partial charge in [-0.2, -0.15) is 5.26 Å². The molecule has 0 aliphatic rings. The summed E-state index contributed by atoms with van der Waals surface area (Å²) < 4.78 is 0. The molecule has 6 heteroatoms. The first-order chi connectivity index (χ1) is 12.5. The fraction of sp³-hybridized carbons (Fsp3) is 0.200. The summed E-state index contributed by atoms with van der Waals surface area (Å²) in [6, 6.07) is 15.3. The van der Waals surface area contributed by atoms with E-state index in [2.05, 4.69) is 6.07 Å². The number of carbonyl (C=O) groups is 1. The molecular formula is C20H19N3O3. The van der Waals surface area contributed by atoms with Crippen molar-refractivity contribution in [1.82, 2.24) is 4.90 Å². The van der Waals surface area contributed by atoms with Gasteiger partial charge in [-0.25, -0.2) is 0 Å². The summed E-state index contributed by atoms with van der Waals surface area (Å²) >= 11 is 0. The van der Waals surface area contributed by atoms with Crippen molar-refractivity contribution in [3.8, 4) is 6.07 Å². The third kappa shape index (κ3) is 5.28. The van der Waals surface area contributed by atoms with Crippen LogP contribution in [0.25, 0.3) is 6.08 Å². The fourth-order valence-electron chi connectivity index (χ4n) is 2.46. The van der Waals surface area contributed by atoms with Gasteiger partial charge in [0.05, 0.1) is 16.6 Å². The normalized spacial score (nSPS) is 10.5. The van der Waals surface area contributed by atoms with Crippen molar-refractivity contribution in [3.05, 3.63) is 81.4 Å². The van der Waals surface area contributed by atoms with Gasteiger partial charge >= 0.3 is 0 Å². The third-order valence-electron chi connectivity index (χ3n) is 3.76. The number of amides is 1. The van der Waals surface area contributed by atoms with Gasteiger partial charge in [-0.05, 0) is 35.8 Å². The third-order valence-corrected chi connectivity index (χ3v) is 3.76. The molecule has 0 heterocycles. The summed E-state index contributed by atoms with van der Waals surface area (Å²) in [5.41, 5.74) is 2.10. The summed E-state index contributed by atoms with van der Waals surface area (Å²) in [6.07, 6.45) is 3.82. The molecule has 0 spiro atoms. The summed E-state index contributed by atoms with van der Waals surface area (Å²) in [4.78, 5) is 24.6. The number of nitrogens with zero attached hydrogens (tertiary/aromatic N) is 3. The molecule has 1 amide bonds. The Labute approximate surface area is 152 Å². The van der Waals surface area contributed by atoms with Gasteiger partial charge in [-0.15, -0.1) is 0 Å². The van der Waals surface area contributed by atoms with E-state index in [4.69, 9.17) is 5.26 Å². The van der Waals surface area contributed by atoms with E-state index in [1.807, 2.05) is 19.1 Å². The van der Waals surface area contributed by atoms with E-state index < -0.39 is 4.92 Å². The molecule has 6 nitrogen and oxygen atoms in total. The first-order valence-corrected chi connectivity index (χ1v) is 8.24. The van der Waals surface area contributed by atoms with Gasteiger partial charge in [0.25, 0.3) is 5.69 Å². The van der Waals surface area contributed by atoms with Crippen molar-refractivity contribution in [3.63, 3.8) is 0 Å². The van der Waals surface area contributed by atoms with Crippen LogP contribution in [0, 0.1) is 21.4 Å². The zero-order valence-corrected chi connectivity index (χ0v) is 14.5. The van der Waals surface area contributed by atoms with E-state index in [9.17, 15) is 14.9 Å². The lowest BCUT2D eigenvalue weighted by Crippen LogP contribution is -2.29. The van der Waals surface area contributed by atoms with E-state index >= 15 is 0 Å². The van der Waals surface area contributed by atoms with E-state index in [-0.39, 0.29) is 11.6 Å². The Morgan fingerprint density at radius 2 is 2.00 bits per heavy atom. The Bertz CT molecular complexity index is 851. The van der Waals surface area contributed by atoms with Crippen LogP contribution in [0.4, 0.5) is 5.69 Å². The van der Waals surface area contributed by atoms with Crippen molar-refractivity contribution in [2.45, 2.75) is 19.9 Å². The van der Waals surface area contributed by atoms with Crippen molar-refractivity contribution < 1.29 is 9.72 Å². The van der Waals surface area contributed by atoms with Gasteiger partial charge in [-0.1, -0.05) is 31.2 Å².